The molecule has 5 nitrogen and oxygen atoms in total. The molecule has 1 aliphatic carbocycles. The molecule has 1 aromatic carbocycles. The monoisotopic (exact) mass is 276 g/mol. The lowest BCUT2D eigenvalue weighted by Crippen LogP contribution is -2.42. The zero-order chi connectivity index (χ0) is 14.6. The Morgan fingerprint density at radius 2 is 1.95 bits per heavy atom. The second-order valence-electron chi connectivity index (χ2n) is 5.28. The van der Waals surface area contributed by atoms with E-state index in [9.17, 15) is 9.59 Å². The molecular weight excluding hydrogens is 256 g/mol. The summed E-state index contributed by atoms with van der Waals surface area (Å²) in [7, 11) is 0. The molecule has 0 aliphatic heterocycles. The average molecular weight is 276 g/mol. The zero-order valence-electron chi connectivity index (χ0n) is 11.6. The maximum Gasteiger partial charge on any atom is 0.315 e. The molecule has 1 atom stereocenters. The molecule has 1 aliphatic rings. The topological polar surface area (TPSA) is 78.4 Å². The Morgan fingerprint density at radius 1 is 1.30 bits per heavy atom. The van der Waals surface area contributed by atoms with Gasteiger partial charge in [0.15, 0.2) is 0 Å². The van der Waals surface area contributed by atoms with Crippen LogP contribution in [0, 0.1) is 5.41 Å². The summed E-state index contributed by atoms with van der Waals surface area (Å²) in [6.45, 7) is 2.19. The molecule has 5 heteroatoms. The first kappa shape index (κ1) is 14.4. The Kier molecular flexibility index (Phi) is 4.27. The third-order valence-electron chi connectivity index (χ3n) is 3.81. The highest BCUT2D eigenvalue weighted by Gasteiger charge is 2.50. The molecule has 1 unspecified atom stereocenters. The van der Waals surface area contributed by atoms with Gasteiger partial charge in [-0.1, -0.05) is 37.3 Å². The molecule has 3 N–H and O–H groups in total. The van der Waals surface area contributed by atoms with Crippen molar-refractivity contribution in [3.05, 3.63) is 35.9 Å². The Morgan fingerprint density at radius 3 is 2.45 bits per heavy atom. The minimum Gasteiger partial charge on any atom is -0.481 e. The summed E-state index contributed by atoms with van der Waals surface area (Å²) in [5.41, 5.74) is 0.315. The van der Waals surface area contributed by atoms with Crippen molar-refractivity contribution in [3.8, 4) is 0 Å². The minimum absolute atomic E-state index is 0.0591. The van der Waals surface area contributed by atoms with E-state index in [1.54, 1.807) is 0 Å². The van der Waals surface area contributed by atoms with Crippen LogP contribution in [0.2, 0.25) is 0 Å². The molecule has 1 fully saturated rings. The maximum absolute atomic E-state index is 11.9. The number of nitrogens with one attached hydrogen (secondary N) is 2. The van der Waals surface area contributed by atoms with Gasteiger partial charge in [-0.2, -0.15) is 0 Å². The fourth-order valence-corrected chi connectivity index (χ4v) is 2.18. The van der Waals surface area contributed by atoms with Gasteiger partial charge in [0, 0.05) is 6.54 Å². The summed E-state index contributed by atoms with van der Waals surface area (Å²) >= 11 is 0. The van der Waals surface area contributed by atoms with Crippen LogP contribution >= 0.6 is 0 Å². The van der Waals surface area contributed by atoms with Crippen molar-refractivity contribution in [2.45, 2.75) is 32.2 Å². The number of carbonyl (C=O) groups is 2. The van der Waals surface area contributed by atoms with Crippen LogP contribution in [0.3, 0.4) is 0 Å². The third-order valence-corrected chi connectivity index (χ3v) is 3.81. The predicted molar refractivity (Wildman–Crippen MR) is 75.3 cm³/mol. The van der Waals surface area contributed by atoms with Crippen molar-refractivity contribution in [2.75, 3.05) is 6.54 Å². The van der Waals surface area contributed by atoms with Crippen molar-refractivity contribution in [2.24, 2.45) is 5.41 Å². The van der Waals surface area contributed by atoms with Gasteiger partial charge < -0.3 is 15.7 Å². The van der Waals surface area contributed by atoms with Crippen LogP contribution in [-0.4, -0.2) is 23.7 Å². The van der Waals surface area contributed by atoms with E-state index in [1.807, 2.05) is 37.3 Å². The molecule has 0 saturated heterocycles. The number of urea groups is 1. The van der Waals surface area contributed by atoms with Crippen LogP contribution in [0.4, 0.5) is 4.79 Å². The smallest absolute Gasteiger partial charge is 0.315 e. The van der Waals surface area contributed by atoms with Gasteiger partial charge in [-0.25, -0.2) is 4.79 Å². The van der Waals surface area contributed by atoms with Crippen LogP contribution < -0.4 is 10.6 Å². The second-order valence-corrected chi connectivity index (χ2v) is 5.28. The van der Waals surface area contributed by atoms with Crippen molar-refractivity contribution >= 4 is 12.0 Å². The highest BCUT2D eigenvalue weighted by molar-refractivity contribution is 5.80. The van der Waals surface area contributed by atoms with Crippen molar-refractivity contribution in [3.63, 3.8) is 0 Å². The molecule has 0 radical (unpaired) electrons. The number of carboxylic acids is 1. The fraction of sp³-hybridized carbons (Fsp3) is 0.467. The Hall–Kier alpha value is -2.04. The number of hydrogen-bond donors (Lipinski definition) is 3. The summed E-state index contributed by atoms with van der Waals surface area (Å²) in [6.07, 6.45) is 2.05. The van der Waals surface area contributed by atoms with Gasteiger partial charge in [-0.05, 0) is 24.8 Å². The van der Waals surface area contributed by atoms with E-state index in [4.69, 9.17) is 5.11 Å². The minimum atomic E-state index is -0.826. The second kappa shape index (κ2) is 5.94. The maximum atomic E-state index is 11.9. The molecule has 0 aromatic heterocycles. The molecule has 0 bridgehead atoms. The predicted octanol–water partition coefficient (Wildman–Crippen LogP) is 2.30. The first-order valence-corrected chi connectivity index (χ1v) is 6.90. The Bertz CT molecular complexity index is 483. The lowest BCUT2D eigenvalue weighted by Gasteiger charge is -2.19. The average Bonchev–Trinajstić information content (AvgIpc) is 3.25. The standard InChI is InChI=1S/C15H20N2O3/c1-2-12(11-6-4-3-5-7-11)17-14(20)16-10-15(8-9-15)13(18)19/h3-7,12H,2,8-10H2,1H3,(H,18,19)(H2,16,17,20). The number of aliphatic carboxylic acids is 1. The first-order chi connectivity index (χ1) is 9.57. The van der Waals surface area contributed by atoms with Gasteiger partial charge >= 0.3 is 12.0 Å². The van der Waals surface area contributed by atoms with Crippen LogP contribution in [0.15, 0.2) is 30.3 Å². The highest BCUT2D eigenvalue weighted by atomic mass is 16.4. The summed E-state index contributed by atoms with van der Waals surface area (Å²) in [5, 5.41) is 14.6. The molecule has 1 aromatic rings. The number of benzene rings is 1. The van der Waals surface area contributed by atoms with E-state index in [1.165, 1.54) is 0 Å². The largest absolute Gasteiger partial charge is 0.481 e. The molecule has 20 heavy (non-hydrogen) atoms. The van der Waals surface area contributed by atoms with E-state index >= 15 is 0 Å². The molecular formula is C15H20N2O3. The van der Waals surface area contributed by atoms with Crippen LogP contribution in [0.25, 0.3) is 0 Å². The summed E-state index contributed by atoms with van der Waals surface area (Å²) in [5.74, 6) is -0.826. The van der Waals surface area contributed by atoms with Crippen molar-refractivity contribution < 1.29 is 14.7 Å². The van der Waals surface area contributed by atoms with Crippen LogP contribution in [0.1, 0.15) is 37.8 Å². The zero-order valence-corrected chi connectivity index (χ0v) is 11.6. The lowest BCUT2D eigenvalue weighted by molar-refractivity contribution is -0.143. The molecule has 2 amide bonds. The summed E-state index contributed by atoms with van der Waals surface area (Å²) in [6, 6.07) is 9.36. The highest BCUT2D eigenvalue weighted by Crippen LogP contribution is 2.45. The fourth-order valence-electron chi connectivity index (χ4n) is 2.18. The summed E-state index contributed by atoms with van der Waals surface area (Å²) in [4.78, 5) is 22.9. The van der Waals surface area contributed by atoms with Gasteiger partial charge in [-0.15, -0.1) is 0 Å². The van der Waals surface area contributed by atoms with E-state index in [2.05, 4.69) is 10.6 Å². The van der Waals surface area contributed by atoms with Gasteiger partial charge in [0.1, 0.15) is 0 Å². The molecule has 0 heterocycles. The van der Waals surface area contributed by atoms with Gasteiger partial charge in [-0.3, -0.25) is 4.79 Å². The van der Waals surface area contributed by atoms with Gasteiger partial charge in [0.2, 0.25) is 0 Å². The Labute approximate surface area is 118 Å². The molecule has 1 saturated carbocycles. The van der Waals surface area contributed by atoms with E-state index in [0.29, 0.717) is 12.8 Å². The lowest BCUT2D eigenvalue weighted by atomic mass is 10.1. The molecule has 108 valence electrons. The number of carboxylic acid groups (broad SMARTS) is 1. The summed E-state index contributed by atoms with van der Waals surface area (Å²) < 4.78 is 0. The van der Waals surface area contributed by atoms with Gasteiger partial charge in [0.25, 0.3) is 0 Å². The van der Waals surface area contributed by atoms with Crippen LogP contribution in [0.5, 0.6) is 0 Å². The Balaban J connectivity index is 1.86. The first-order valence-electron chi connectivity index (χ1n) is 6.90. The molecule has 2 rings (SSSR count). The normalized spacial score (nSPS) is 17.1. The SMILES string of the molecule is CCC(NC(=O)NCC1(C(=O)O)CC1)c1ccccc1. The van der Waals surface area contributed by atoms with Crippen molar-refractivity contribution in [1.82, 2.24) is 10.6 Å². The third kappa shape index (κ3) is 3.29. The number of hydrogen-bond acceptors (Lipinski definition) is 2. The van der Waals surface area contributed by atoms with Gasteiger partial charge in [0.05, 0.1) is 11.5 Å². The van der Waals surface area contributed by atoms with Crippen molar-refractivity contribution in [1.29, 1.82) is 0 Å². The van der Waals surface area contributed by atoms with Crippen LogP contribution in [-0.2, 0) is 4.79 Å². The quantitative estimate of drug-likeness (QED) is 0.746. The number of carbonyl (C=O) groups excluding carboxylic acids is 1. The molecule has 0 spiro atoms. The van der Waals surface area contributed by atoms with E-state index < -0.39 is 11.4 Å². The number of amides is 2. The number of rotatable bonds is 6. The van der Waals surface area contributed by atoms with E-state index in [-0.39, 0.29) is 18.6 Å². The van der Waals surface area contributed by atoms with E-state index in [0.717, 1.165) is 12.0 Å².